The number of aromatic amines is 1. The number of H-pyrrole nitrogens is 1. The number of rotatable bonds is 1. The molecule has 0 aliphatic carbocycles. The fraction of sp³-hybridized carbons (Fsp3) is 0.316. The fourth-order valence-corrected chi connectivity index (χ4v) is 4.03. The van der Waals surface area contributed by atoms with E-state index in [0.29, 0.717) is 0 Å². The lowest BCUT2D eigenvalue weighted by Gasteiger charge is -2.32. The zero-order valence-electron chi connectivity index (χ0n) is 16.0. The number of amides is 1. The van der Waals surface area contributed by atoms with Gasteiger partial charge in [0, 0.05) is 28.9 Å². The SMILES string of the molecule is O=C(O)C(F)(F)F.O=C1Nc2cnc3[nH]cc(-c4ccncn4)c3c2C12CCNCC2. The molecule has 0 radical (unpaired) electrons. The summed E-state index contributed by atoms with van der Waals surface area (Å²) in [6.07, 6.45) is 3.43. The van der Waals surface area contributed by atoms with E-state index in [1.54, 1.807) is 12.4 Å². The quantitative estimate of drug-likeness (QED) is 0.462. The molecular weight excluding hydrogens is 417 g/mol. The van der Waals surface area contributed by atoms with Gasteiger partial charge in [-0.1, -0.05) is 0 Å². The summed E-state index contributed by atoms with van der Waals surface area (Å²) in [4.78, 5) is 37.8. The highest BCUT2D eigenvalue weighted by Gasteiger charge is 2.49. The molecule has 0 aromatic carbocycles. The lowest BCUT2D eigenvalue weighted by molar-refractivity contribution is -0.192. The highest BCUT2D eigenvalue weighted by molar-refractivity contribution is 6.13. The van der Waals surface area contributed by atoms with Crippen LogP contribution in [0.4, 0.5) is 18.9 Å². The van der Waals surface area contributed by atoms with Gasteiger partial charge in [-0.05, 0) is 32.0 Å². The van der Waals surface area contributed by atoms with Gasteiger partial charge in [-0.25, -0.2) is 19.7 Å². The van der Waals surface area contributed by atoms with Crippen LogP contribution in [0.2, 0.25) is 0 Å². The number of anilines is 1. The molecule has 0 bridgehead atoms. The van der Waals surface area contributed by atoms with Gasteiger partial charge in [0.25, 0.3) is 0 Å². The highest BCUT2D eigenvalue weighted by atomic mass is 19.4. The van der Waals surface area contributed by atoms with Crippen molar-refractivity contribution in [3.05, 3.63) is 36.5 Å². The van der Waals surface area contributed by atoms with Crippen LogP contribution >= 0.6 is 0 Å². The normalized spacial score (nSPS) is 17.1. The number of pyridine rings is 1. The summed E-state index contributed by atoms with van der Waals surface area (Å²) in [5, 5.41) is 14.5. The Morgan fingerprint density at radius 2 is 1.90 bits per heavy atom. The molecule has 3 aromatic rings. The Morgan fingerprint density at radius 3 is 2.52 bits per heavy atom. The molecule has 0 atom stereocenters. The van der Waals surface area contributed by atoms with E-state index in [-0.39, 0.29) is 5.91 Å². The van der Waals surface area contributed by atoms with Crippen LogP contribution in [-0.4, -0.2) is 56.2 Å². The minimum Gasteiger partial charge on any atom is -0.475 e. The molecule has 0 saturated carbocycles. The number of fused-ring (bicyclic) bond motifs is 4. The summed E-state index contributed by atoms with van der Waals surface area (Å²) in [6, 6.07) is 1.88. The molecule has 31 heavy (non-hydrogen) atoms. The van der Waals surface area contributed by atoms with Gasteiger partial charge in [0.1, 0.15) is 12.0 Å². The molecule has 12 heteroatoms. The largest absolute Gasteiger partial charge is 0.490 e. The Morgan fingerprint density at radius 1 is 1.19 bits per heavy atom. The zero-order valence-corrected chi connectivity index (χ0v) is 16.0. The molecule has 1 saturated heterocycles. The predicted molar refractivity (Wildman–Crippen MR) is 103 cm³/mol. The second-order valence-corrected chi connectivity index (χ2v) is 7.16. The van der Waals surface area contributed by atoms with Gasteiger partial charge in [-0.3, -0.25) is 4.79 Å². The van der Waals surface area contributed by atoms with E-state index in [0.717, 1.165) is 59.5 Å². The van der Waals surface area contributed by atoms with Crippen LogP contribution in [0, 0.1) is 0 Å². The van der Waals surface area contributed by atoms with Gasteiger partial charge in [-0.2, -0.15) is 13.2 Å². The van der Waals surface area contributed by atoms with E-state index in [4.69, 9.17) is 9.90 Å². The summed E-state index contributed by atoms with van der Waals surface area (Å²) in [6.45, 7) is 1.67. The smallest absolute Gasteiger partial charge is 0.475 e. The second kappa shape index (κ2) is 7.61. The molecule has 5 rings (SSSR count). The highest BCUT2D eigenvalue weighted by Crippen LogP contribution is 2.48. The molecule has 1 amide bonds. The van der Waals surface area contributed by atoms with Crippen LogP contribution in [0.5, 0.6) is 0 Å². The van der Waals surface area contributed by atoms with Crippen LogP contribution in [-0.2, 0) is 15.0 Å². The van der Waals surface area contributed by atoms with Crippen LogP contribution in [0.3, 0.4) is 0 Å². The first-order valence-corrected chi connectivity index (χ1v) is 9.33. The fourth-order valence-electron chi connectivity index (χ4n) is 4.03. The minimum atomic E-state index is -5.08. The molecule has 2 aliphatic heterocycles. The summed E-state index contributed by atoms with van der Waals surface area (Å²) >= 11 is 0. The van der Waals surface area contributed by atoms with Crippen molar-refractivity contribution >= 4 is 28.6 Å². The van der Waals surface area contributed by atoms with Crippen LogP contribution < -0.4 is 10.6 Å². The summed E-state index contributed by atoms with van der Waals surface area (Å²) in [7, 11) is 0. The van der Waals surface area contributed by atoms with Crippen molar-refractivity contribution in [2.75, 3.05) is 18.4 Å². The molecule has 1 spiro atoms. The number of hydrogen-bond acceptors (Lipinski definition) is 6. The zero-order chi connectivity index (χ0) is 22.2. The van der Waals surface area contributed by atoms with E-state index >= 15 is 0 Å². The second-order valence-electron chi connectivity index (χ2n) is 7.16. The summed E-state index contributed by atoms with van der Waals surface area (Å²) in [5.74, 6) is -2.67. The van der Waals surface area contributed by atoms with E-state index in [9.17, 15) is 18.0 Å². The third-order valence-corrected chi connectivity index (χ3v) is 5.42. The van der Waals surface area contributed by atoms with Gasteiger partial charge < -0.3 is 20.7 Å². The molecule has 4 N–H and O–H groups in total. The average molecular weight is 434 g/mol. The number of aliphatic carboxylic acids is 1. The first-order chi connectivity index (χ1) is 14.7. The third-order valence-electron chi connectivity index (χ3n) is 5.42. The molecule has 0 unspecified atom stereocenters. The summed E-state index contributed by atoms with van der Waals surface area (Å²) in [5.41, 5.74) is 3.99. The van der Waals surface area contributed by atoms with Crippen molar-refractivity contribution in [3.8, 4) is 11.3 Å². The maximum atomic E-state index is 12.8. The number of carboxylic acid groups (broad SMARTS) is 1. The van der Waals surface area contributed by atoms with Crippen molar-refractivity contribution in [1.29, 1.82) is 0 Å². The van der Waals surface area contributed by atoms with E-state index in [1.807, 2.05) is 12.3 Å². The number of nitrogens with zero attached hydrogens (tertiary/aromatic N) is 3. The van der Waals surface area contributed by atoms with Crippen molar-refractivity contribution in [1.82, 2.24) is 25.3 Å². The summed E-state index contributed by atoms with van der Waals surface area (Å²) < 4.78 is 31.7. The Balaban J connectivity index is 0.000000289. The van der Waals surface area contributed by atoms with Crippen molar-refractivity contribution in [3.63, 3.8) is 0 Å². The number of carbonyl (C=O) groups is 2. The minimum absolute atomic E-state index is 0.0862. The van der Waals surface area contributed by atoms with Crippen LogP contribution in [0.15, 0.2) is 31.0 Å². The molecule has 3 aromatic heterocycles. The number of piperidine rings is 1. The molecule has 1 fully saturated rings. The Bertz CT molecular complexity index is 1140. The predicted octanol–water partition coefficient (Wildman–Crippen LogP) is 2.23. The average Bonchev–Trinajstić information content (AvgIpc) is 3.28. The molecular formula is C19H17F3N6O3. The number of hydrogen-bond donors (Lipinski definition) is 4. The monoisotopic (exact) mass is 434 g/mol. The van der Waals surface area contributed by atoms with Crippen molar-refractivity contribution in [2.24, 2.45) is 0 Å². The number of carboxylic acids is 1. The maximum Gasteiger partial charge on any atom is 0.490 e. The Labute approximate surface area is 173 Å². The Kier molecular flexibility index (Phi) is 5.09. The molecule has 5 heterocycles. The van der Waals surface area contributed by atoms with Gasteiger partial charge >= 0.3 is 12.1 Å². The standard InChI is InChI=1S/C17H16N6O.C2HF3O2/c24-16-17(2-5-18-6-3-17)14-12(23-16)8-21-15-13(14)10(7-20-15)11-1-4-19-9-22-11;3-2(4,5)1(6)7/h1,4,7-9,18H,2-3,5-6H2,(H,20,21)(H,23,24);(H,6,7). The topological polar surface area (TPSA) is 133 Å². The molecule has 9 nitrogen and oxygen atoms in total. The van der Waals surface area contributed by atoms with Crippen LogP contribution in [0.25, 0.3) is 22.3 Å². The third kappa shape index (κ3) is 3.58. The molecule has 162 valence electrons. The van der Waals surface area contributed by atoms with Crippen molar-refractivity contribution in [2.45, 2.75) is 24.4 Å². The number of nitrogens with one attached hydrogen (secondary N) is 3. The van der Waals surface area contributed by atoms with Crippen molar-refractivity contribution < 1.29 is 27.9 Å². The van der Waals surface area contributed by atoms with Gasteiger partial charge in [0.2, 0.25) is 5.91 Å². The lowest BCUT2D eigenvalue weighted by Crippen LogP contribution is -2.44. The van der Waals surface area contributed by atoms with Gasteiger partial charge in [0.15, 0.2) is 0 Å². The Hall–Kier alpha value is -3.54. The number of aromatic nitrogens is 4. The first kappa shape index (κ1) is 20.7. The van der Waals surface area contributed by atoms with E-state index < -0.39 is 17.6 Å². The van der Waals surface area contributed by atoms with E-state index in [1.165, 1.54) is 6.33 Å². The van der Waals surface area contributed by atoms with E-state index in [2.05, 4.69) is 30.6 Å². The number of halogens is 3. The number of carbonyl (C=O) groups excluding carboxylic acids is 1. The van der Waals surface area contributed by atoms with Gasteiger partial charge in [0.05, 0.1) is 23.0 Å². The van der Waals surface area contributed by atoms with Gasteiger partial charge in [-0.15, -0.1) is 0 Å². The number of alkyl halides is 3. The molecule has 2 aliphatic rings. The first-order valence-electron chi connectivity index (χ1n) is 9.33. The van der Waals surface area contributed by atoms with Crippen LogP contribution in [0.1, 0.15) is 18.4 Å². The maximum absolute atomic E-state index is 12.8. The lowest BCUT2D eigenvalue weighted by atomic mass is 9.73.